The van der Waals surface area contributed by atoms with Crippen LogP contribution < -0.4 is 10.1 Å². The zero-order valence-electron chi connectivity index (χ0n) is 15.4. The van der Waals surface area contributed by atoms with Gasteiger partial charge in [-0.3, -0.25) is 20.3 Å². The summed E-state index contributed by atoms with van der Waals surface area (Å²) >= 11 is 1.74. The van der Waals surface area contributed by atoms with Crippen molar-refractivity contribution in [2.45, 2.75) is 25.2 Å². The third kappa shape index (κ3) is 4.63. The lowest BCUT2D eigenvalue weighted by Gasteiger charge is -2.12. The molecule has 1 fully saturated rings. The molecule has 0 saturated carbocycles. The van der Waals surface area contributed by atoms with E-state index in [9.17, 15) is 18.5 Å². The lowest BCUT2D eigenvalue weighted by atomic mass is 10.1. The van der Waals surface area contributed by atoms with E-state index in [-0.39, 0.29) is 16.3 Å². The van der Waals surface area contributed by atoms with Gasteiger partial charge in [-0.25, -0.2) is 8.42 Å². The largest absolute Gasteiger partial charge is 0.295 e. The van der Waals surface area contributed by atoms with E-state index in [4.69, 9.17) is 0 Å². The third-order valence-corrected chi connectivity index (χ3v) is 6.63. The summed E-state index contributed by atoms with van der Waals surface area (Å²) in [6.45, 7) is 3.70. The Morgan fingerprint density at radius 3 is 2.54 bits per heavy atom. The van der Waals surface area contributed by atoms with Gasteiger partial charge in [-0.05, 0) is 49.8 Å². The second-order valence-electron chi connectivity index (χ2n) is 6.45. The van der Waals surface area contributed by atoms with Gasteiger partial charge in [0, 0.05) is 17.5 Å². The van der Waals surface area contributed by atoms with Gasteiger partial charge >= 0.3 is 0 Å². The first kappa shape index (κ1) is 20.2. The highest BCUT2D eigenvalue weighted by molar-refractivity contribution is 8.00. The van der Waals surface area contributed by atoms with Crippen molar-refractivity contribution < 1.29 is 13.3 Å². The Bertz CT molecular complexity index is 1040. The minimum atomic E-state index is -3.97. The number of hydrogen-bond acceptors (Lipinski definition) is 7. The molecule has 0 aromatic heterocycles. The van der Waals surface area contributed by atoms with Crippen LogP contribution in [0.4, 0.5) is 17.1 Å². The van der Waals surface area contributed by atoms with Gasteiger partial charge in [-0.1, -0.05) is 17.7 Å². The zero-order chi connectivity index (χ0) is 20.3. The van der Waals surface area contributed by atoms with Gasteiger partial charge in [-0.15, -0.1) is 0 Å². The van der Waals surface area contributed by atoms with Gasteiger partial charge in [-0.2, -0.15) is 16.9 Å². The summed E-state index contributed by atoms with van der Waals surface area (Å²) in [5.74, 6) is 1.76. The Morgan fingerprint density at radius 2 is 1.89 bits per heavy atom. The molecule has 0 radical (unpaired) electrons. The molecule has 1 saturated heterocycles. The summed E-state index contributed by atoms with van der Waals surface area (Å²) < 4.78 is 27.9. The maximum absolute atomic E-state index is 12.7. The van der Waals surface area contributed by atoms with Gasteiger partial charge in [0.15, 0.2) is 0 Å². The van der Waals surface area contributed by atoms with Crippen molar-refractivity contribution in [1.82, 2.24) is 0 Å². The standard InChI is InChI=1S/C18H20N4O4S2/c1-12-3-5-16(13(2)9-12)21-28(25,26)15-4-6-17(18(10-15)22(23)24)20-19-14-7-8-27-11-14/h3-6,9-10,20-21H,7-8,11H2,1-2H3/b19-14-. The van der Waals surface area contributed by atoms with E-state index in [1.807, 2.05) is 13.0 Å². The quantitative estimate of drug-likeness (QED) is 0.541. The Kier molecular flexibility index (Phi) is 5.90. The van der Waals surface area contributed by atoms with E-state index < -0.39 is 14.9 Å². The highest BCUT2D eigenvalue weighted by atomic mass is 32.2. The molecule has 2 aromatic rings. The summed E-state index contributed by atoms with van der Waals surface area (Å²) in [6, 6.07) is 9.04. The average Bonchev–Trinajstić information content (AvgIpc) is 3.15. The first-order valence-corrected chi connectivity index (χ1v) is 11.2. The van der Waals surface area contributed by atoms with Crippen molar-refractivity contribution in [3.63, 3.8) is 0 Å². The van der Waals surface area contributed by atoms with Crippen molar-refractivity contribution in [2.24, 2.45) is 5.10 Å². The molecule has 28 heavy (non-hydrogen) atoms. The number of nitro groups is 1. The second-order valence-corrected chi connectivity index (χ2v) is 9.24. The number of benzene rings is 2. The van der Waals surface area contributed by atoms with Crippen LogP contribution in [0.15, 0.2) is 46.4 Å². The fourth-order valence-corrected chi connectivity index (χ4v) is 4.85. The number of rotatable bonds is 6. The SMILES string of the molecule is Cc1ccc(NS(=O)(=O)c2ccc(N/N=C3/CCSC3)c([N+](=O)[O-])c2)c(C)c1. The highest BCUT2D eigenvalue weighted by Crippen LogP contribution is 2.29. The molecule has 2 aromatic carbocycles. The number of thioether (sulfide) groups is 1. The minimum absolute atomic E-state index is 0.153. The Labute approximate surface area is 167 Å². The lowest BCUT2D eigenvalue weighted by molar-refractivity contribution is -0.384. The van der Waals surface area contributed by atoms with Crippen molar-refractivity contribution in [3.05, 3.63) is 57.6 Å². The molecule has 0 spiro atoms. The van der Waals surface area contributed by atoms with Crippen LogP contribution in [-0.2, 0) is 10.0 Å². The predicted molar refractivity (Wildman–Crippen MR) is 113 cm³/mol. The summed E-state index contributed by atoms with van der Waals surface area (Å²) in [6.07, 6.45) is 0.831. The number of nitro benzene ring substituents is 1. The Balaban J connectivity index is 1.89. The molecule has 0 amide bonds. The van der Waals surface area contributed by atoms with E-state index in [1.54, 1.807) is 30.8 Å². The van der Waals surface area contributed by atoms with Crippen molar-refractivity contribution in [2.75, 3.05) is 21.7 Å². The van der Waals surface area contributed by atoms with E-state index in [2.05, 4.69) is 15.2 Å². The van der Waals surface area contributed by atoms with Gasteiger partial charge in [0.25, 0.3) is 15.7 Å². The van der Waals surface area contributed by atoms with Crippen molar-refractivity contribution >= 4 is 44.6 Å². The third-order valence-electron chi connectivity index (χ3n) is 4.24. The zero-order valence-corrected chi connectivity index (χ0v) is 17.1. The molecule has 10 heteroatoms. The van der Waals surface area contributed by atoms with Crippen LogP contribution in [0, 0.1) is 24.0 Å². The van der Waals surface area contributed by atoms with E-state index in [1.165, 1.54) is 12.1 Å². The molecule has 3 rings (SSSR count). The first-order chi connectivity index (χ1) is 13.3. The van der Waals surface area contributed by atoms with E-state index in [0.29, 0.717) is 5.69 Å². The molecular formula is C18H20N4O4S2. The summed E-state index contributed by atoms with van der Waals surface area (Å²) in [5.41, 5.74) is 5.63. The smallest absolute Gasteiger partial charge is 0.279 e. The number of hydrogen-bond donors (Lipinski definition) is 2. The summed E-state index contributed by atoms with van der Waals surface area (Å²) in [5, 5.41) is 15.6. The molecule has 148 valence electrons. The van der Waals surface area contributed by atoms with Gasteiger partial charge in [0.05, 0.1) is 15.5 Å². The molecule has 0 aliphatic carbocycles. The van der Waals surface area contributed by atoms with E-state index >= 15 is 0 Å². The Hall–Kier alpha value is -2.59. The minimum Gasteiger partial charge on any atom is -0.279 e. The number of nitrogens with zero attached hydrogens (tertiary/aromatic N) is 2. The molecular weight excluding hydrogens is 400 g/mol. The number of nitrogens with one attached hydrogen (secondary N) is 2. The van der Waals surface area contributed by atoms with Crippen molar-refractivity contribution in [3.8, 4) is 0 Å². The van der Waals surface area contributed by atoms with Crippen molar-refractivity contribution in [1.29, 1.82) is 0 Å². The maximum Gasteiger partial charge on any atom is 0.295 e. The van der Waals surface area contributed by atoms with Gasteiger partial charge in [0.1, 0.15) is 5.69 Å². The molecule has 1 heterocycles. The maximum atomic E-state index is 12.7. The van der Waals surface area contributed by atoms with Crippen LogP contribution >= 0.6 is 11.8 Å². The molecule has 1 aliphatic heterocycles. The molecule has 8 nitrogen and oxygen atoms in total. The Morgan fingerprint density at radius 1 is 1.14 bits per heavy atom. The fourth-order valence-electron chi connectivity index (χ4n) is 2.74. The van der Waals surface area contributed by atoms with Crippen LogP contribution in [-0.4, -0.2) is 30.6 Å². The van der Waals surface area contributed by atoms with Crippen LogP contribution in [0.2, 0.25) is 0 Å². The average molecular weight is 421 g/mol. The number of sulfonamides is 1. The normalized spacial score (nSPS) is 15.6. The van der Waals surface area contributed by atoms with Crippen LogP contribution in [0.5, 0.6) is 0 Å². The van der Waals surface area contributed by atoms with Gasteiger partial charge < -0.3 is 0 Å². The number of hydrazone groups is 1. The molecule has 0 unspecified atom stereocenters. The number of anilines is 2. The molecule has 0 atom stereocenters. The second kappa shape index (κ2) is 8.19. The van der Waals surface area contributed by atoms with Gasteiger partial charge in [0.2, 0.25) is 0 Å². The van der Waals surface area contributed by atoms with Crippen LogP contribution in [0.1, 0.15) is 17.5 Å². The first-order valence-electron chi connectivity index (χ1n) is 8.54. The lowest BCUT2D eigenvalue weighted by Crippen LogP contribution is -2.14. The summed E-state index contributed by atoms with van der Waals surface area (Å²) in [4.78, 5) is 10.6. The fraction of sp³-hybridized carbons (Fsp3) is 0.278. The molecule has 0 bridgehead atoms. The van der Waals surface area contributed by atoms with Crippen LogP contribution in [0.3, 0.4) is 0 Å². The van der Waals surface area contributed by atoms with Crippen LogP contribution in [0.25, 0.3) is 0 Å². The highest BCUT2D eigenvalue weighted by Gasteiger charge is 2.22. The number of aryl methyl sites for hydroxylation is 2. The summed E-state index contributed by atoms with van der Waals surface area (Å²) in [7, 11) is -3.97. The molecule has 1 aliphatic rings. The van der Waals surface area contributed by atoms with E-state index in [0.717, 1.165) is 40.8 Å². The topological polar surface area (TPSA) is 114 Å². The predicted octanol–water partition coefficient (Wildman–Crippen LogP) is 3.92. The monoisotopic (exact) mass is 420 g/mol. The molecule has 2 N–H and O–H groups in total.